The van der Waals surface area contributed by atoms with Crippen LogP contribution in [0.5, 0.6) is 11.5 Å². The Morgan fingerprint density at radius 3 is 2.10 bits per heavy atom. The average molecular weight is 283 g/mol. The summed E-state index contributed by atoms with van der Waals surface area (Å²) in [5.41, 5.74) is 3.04. The van der Waals surface area contributed by atoms with E-state index in [0.717, 1.165) is 28.2 Å². The topological polar surface area (TPSA) is 53.4 Å². The lowest BCUT2D eigenvalue weighted by atomic mass is 10.1. The van der Waals surface area contributed by atoms with Crippen molar-refractivity contribution in [3.8, 4) is 22.8 Å². The Kier molecular flexibility index (Phi) is 3.39. The fourth-order valence-electron chi connectivity index (χ4n) is 1.95. The molecule has 0 bridgehead atoms. The summed E-state index contributed by atoms with van der Waals surface area (Å²) in [4.78, 5) is 4.60. The molecular weight excluding hydrogens is 270 g/mol. The molecule has 0 radical (unpaired) electrons. The molecule has 0 saturated carbocycles. The van der Waals surface area contributed by atoms with Crippen molar-refractivity contribution in [2.75, 3.05) is 0 Å². The highest BCUT2D eigenvalue weighted by Crippen LogP contribution is 2.25. The van der Waals surface area contributed by atoms with Gasteiger partial charge in [0.15, 0.2) is 0 Å². The van der Waals surface area contributed by atoms with Crippen LogP contribution in [0.4, 0.5) is 0 Å². The lowest BCUT2D eigenvalue weighted by Crippen LogP contribution is -1.87. The van der Waals surface area contributed by atoms with Gasteiger partial charge in [-0.15, -0.1) is 11.3 Å². The molecule has 3 aromatic rings. The highest BCUT2D eigenvalue weighted by molar-refractivity contribution is 7.10. The molecule has 0 saturated heterocycles. The van der Waals surface area contributed by atoms with E-state index in [2.05, 4.69) is 4.98 Å². The Bertz CT molecular complexity index is 702. The molecular formula is C16H13NO2S. The molecule has 2 aromatic carbocycles. The lowest BCUT2D eigenvalue weighted by Gasteiger charge is -1.99. The maximum Gasteiger partial charge on any atom is 0.115 e. The summed E-state index contributed by atoms with van der Waals surface area (Å²) < 4.78 is 0. The van der Waals surface area contributed by atoms with Crippen molar-refractivity contribution in [2.24, 2.45) is 0 Å². The fraction of sp³-hybridized carbons (Fsp3) is 0.0625. The van der Waals surface area contributed by atoms with Crippen molar-refractivity contribution < 1.29 is 10.2 Å². The van der Waals surface area contributed by atoms with E-state index < -0.39 is 0 Å². The van der Waals surface area contributed by atoms with Crippen LogP contribution >= 0.6 is 11.3 Å². The molecule has 20 heavy (non-hydrogen) atoms. The van der Waals surface area contributed by atoms with Gasteiger partial charge in [-0.1, -0.05) is 12.1 Å². The monoisotopic (exact) mass is 283 g/mol. The van der Waals surface area contributed by atoms with E-state index in [1.807, 2.05) is 29.6 Å². The van der Waals surface area contributed by atoms with Gasteiger partial charge in [0.05, 0.1) is 10.7 Å². The van der Waals surface area contributed by atoms with E-state index >= 15 is 0 Å². The molecule has 0 atom stereocenters. The quantitative estimate of drug-likeness (QED) is 0.768. The minimum atomic E-state index is 0.258. The molecule has 3 nitrogen and oxygen atoms in total. The van der Waals surface area contributed by atoms with Crippen LogP contribution in [-0.4, -0.2) is 15.2 Å². The number of hydrogen-bond acceptors (Lipinski definition) is 4. The van der Waals surface area contributed by atoms with Gasteiger partial charge >= 0.3 is 0 Å². The first-order valence-corrected chi connectivity index (χ1v) is 7.10. The molecule has 0 aliphatic heterocycles. The van der Waals surface area contributed by atoms with E-state index in [-0.39, 0.29) is 11.5 Å². The molecule has 2 N–H and O–H groups in total. The molecule has 100 valence electrons. The Hall–Kier alpha value is -2.33. The number of aromatic hydroxyl groups is 2. The standard InChI is InChI=1S/C16H13NO2S/c18-13-5-1-11(2-6-13)9-16-17-15(10-20-16)12-3-7-14(19)8-4-12/h1-8,10,18-19H,9H2. The molecule has 3 rings (SSSR count). The van der Waals surface area contributed by atoms with Gasteiger partial charge in [-0.25, -0.2) is 4.98 Å². The Morgan fingerprint density at radius 2 is 1.45 bits per heavy atom. The van der Waals surface area contributed by atoms with Crippen LogP contribution in [0.15, 0.2) is 53.9 Å². The van der Waals surface area contributed by atoms with Crippen molar-refractivity contribution in [1.82, 2.24) is 4.98 Å². The first-order chi connectivity index (χ1) is 9.70. The number of aromatic nitrogens is 1. The average Bonchev–Trinajstić information content (AvgIpc) is 2.91. The zero-order chi connectivity index (χ0) is 13.9. The molecule has 0 unspecified atom stereocenters. The van der Waals surface area contributed by atoms with Crippen LogP contribution in [0.25, 0.3) is 11.3 Å². The molecule has 0 spiro atoms. The summed E-state index contributed by atoms with van der Waals surface area (Å²) in [5, 5.41) is 21.6. The molecule has 1 heterocycles. The molecule has 0 fully saturated rings. The second kappa shape index (κ2) is 5.35. The summed E-state index contributed by atoms with van der Waals surface area (Å²) in [6.07, 6.45) is 0.753. The van der Waals surface area contributed by atoms with Gasteiger partial charge in [-0.2, -0.15) is 0 Å². The van der Waals surface area contributed by atoms with Crippen LogP contribution in [0.3, 0.4) is 0 Å². The largest absolute Gasteiger partial charge is 0.508 e. The number of rotatable bonds is 3. The predicted octanol–water partition coefficient (Wildman–Crippen LogP) is 3.81. The summed E-state index contributed by atoms with van der Waals surface area (Å²) in [6.45, 7) is 0. The molecule has 0 amide bonds. The van der Waals surface area contributed by atoms with Gasteiger partial charge in [0.2, 0.25) is 0 Å². The van der Waals surface area contributed by atoms with Crippen molar-refractivity contribution in [1.29, 1.82) is 0 Å². The minimum Gasteiger partial charge on any atom is -0.508 e. The van der Waals surface area contributed by atoms with E-state index in [0.29, 0.717) is 0 Å². The van der Waals surface area contributed by atoms with Crippen molar-refractivity contribution >= 4 is 11.3 Å². The third-order valence-corrected chi connectivity index (χ3v) is 3.86. The number of thiazole rings is 1. The number of nitrogens with zero attached hydrogens (tertiary/aromatic N) is 1. The second-order valence-corrected chi connectivity index (χ2v) is 5.46. The van der Waals surface area contributed by atoms with Crippen LogP contribution in [0, 0.1) is 0 Å². The zero-order valence-electron chi connectivity index (χ0n) is 10.7. The smallest absolute Gasteiger partial charge is 0.115 e. The predicted molar refractivity (Wildman–Crippen MR) is 80.1 cm³/mol. The van der Waals surface area contributed by atoms with Gasteiger partial charge < -0.3 is 10.2 Å². The van der Waals surface area contributed by atoms with Crippen molar-refractivity contribution in [3.63, 3.8) is 0 Å². The van der Waals surface area contributed by atoms with Gasteiger partial charge in [0.1, 0.15) is 11.5 Å². The maximum absolute atomic E-state index is 9.29. The van der Waals surface area contributed by atoms with Gasteiger partial charge in [-0.05, 0) is 42.0 Å². The highest BCUT2D eigenvalue weighted by Gasteiger charge is 2.05. The summed E-state index contributed by atoms with van der Waals surface area (Å²) in [7, 11) is 0. The zero-order valence-corrected chi connectivity index (χ0v) is 11.5. The Morgan fingerprint density at radius 1 is 0.850 bits per heavy atom. The third kappa shape index (κ3) is 2.81. The van der Waals surface area contributed by atoms with Crippen LogP contribution in [-0.2, 0) is 6.42 Å². The number of hydrogen-bond donors (Lipinski definition) is 2. The van der Waals surface area contributed by atoms with Gasteiger partial charge in [0, 0.05) is 17.4 Å². The van der Waals surface area contributed by atoms with Crippen molar-refractivity contribution in [3.05, 3.63) is 64.5 Å². The molecule has 1 aromatic heterocycles. The van der Waals surface area contributed by atoms with Crippen LogP contribution in [0.1, 0.15) is 10.6 Å². The SMILES string of the molecule is Oc1ccc(Cc2nc(-c3ccc(O)cc3)cs2)cc1. The minimum absolute atomic E-state index is 0.258. The van der Waals surface area contributed by atoms with E-state index in [1.54, 1.807) is 35.6 Å². The Balaban J connectivity index is 1.80. The molecule has 0 aliphatic carbocycles. The van der Waals surface area contributed by atoms with E-state index in [1.165, 1.54) is 0 Å². The number of phenols is 2. The van der Waals surface area contributed by atoms with E-state index in [9.17, 15) is 10.2 Å². The first-order valence-electron chi connectivity index (χ1n) is 6.22. The van der Waals surface area contributed by atoms with Crippen LogP contribution < -0.4 is 0 Å². The Labute approximate surface area is 120 Å². The molecule has 0 aliphatic rings. The maximum atomic E-state index is 9.29. The first kappa shape index (κ1) is 12.7. The van der Waals surface area contributed by atoms with Crippen molar-refractivity contribution in [2.45, 2.75) is 6.42 Å². The van der Waals surface area contributed by atoms with Gasteiger partial charge in [-0.3, -0.25) is 0 Å². The summed E-state index contributed by atoms with van der Waals surface area (Å²) >= 11 is 1.61. The summed E-state index contributed by atoms with van der Waals surface area (Å²) in [5.74, 6) is 0.533. The summed E-state index contributed by atoms with van der Waals surface area (Å²) in [6, 6.07) is 14.2. The number of benzene rings is 2. The second-order valence-electron chi connectivity index (χ2n) is 4.52. The lowest BCUT2D eigenvalue weighted by molar-refractivity contribution is 0.474. The van der Waals surface area contributed by atoms with Crippen LogP contribution in [0.2, 0.25) is 0 Å². The fourth-order valence-corrected chi connectivity index (χ4v) is 2.78. The van der Waals surface area contributed by atoms with E-state index in [4.69, 9.17) is 0 Å². The molecule has 4 heteroatoms. The van der Waals surface area contributed by atoms with Gasteiger partial charge in [0.25, 0.3) is 0 Å². The third-order valence-electron chi connectivity index (χ3n) is 3.01. The normalized spacial score (nSPS) is 10.6. The highest BCUT2D eigenvalue weighted by atomic mass is 32.1. The number of phenolic OH excluding ortho intramolecular Hbond substituents is 2.